The number of carboxylic acids is 1. The first-order chi connectivity index (χ1) is 16.3. The summed E-state index contributed by atoms with van der Waals surface area (Å²) < 4.78 is 17.4. The molecule has 0 amide bonds. The second kappa shape index (κ2) is 9.96. The summed E-state index contributed by atoms with van der Waals surface area (Å²) in [4.78, 5) is 12.1. The van der Waals surface area contributed by atoms with Crippen molar-refractivity contribution < 1.29 is 24.1 Å². The zero-order valence-electron chi connectivity index (χ0n) is 21.0. The first-order valence-corrected chi connectivity index (χ1v) is 12.2. The molecule has 0 bridgehead atoms. The Kier molecular flexibility index (Phi) is 7.20. The van der Waals surface area contributed by atoms with Gasteiger partial charge >= 0.3 is 5.97 Å². The van der Waals surface area contributed by atoms with Crippen LogP contribution >= 0.6 is 0 Å². The summed E-state index contributed by atoms with van der Waals surface area (Å²) in [5.41, 5.74) is 6.47. The monoisotopic (exact) mass is 467 g/mol. The molecule has 0 radical (unpaired) electrons. The normalized spacial score (nSPS) is 22.4. The molecule has 2 aromatic carbocycles. The molecule has 0 atom stereocenters. The van der Waals surface area contributed by atoms with E-state index in [0.29, 0.717) is 25.6 Å². The minimum absolute atomic E-state index is 0.0290. The molecule has 0 aromatic heterocycles. The van der Waals surface area contributed by atoms with E-state index in [2.05, 4.69) is 44.3 Å². The Bertz CT molecular complexity index is 1050. The first kappa shape index (κ1) is 24.6. The molecular formula is C28H37NO5. The summed E-state index contributed by atoms with van der Waals surface area (Å²) in [6.45, 7) is 6.77. The number of anilines is 1. The molecule has 184 valence electrons. The van der Waals surface area contributed by atoms with Crippen molar-refractivity contribution >= 4 is 11.7 Å². The number of ether oxygens (including phenoxy) is 3. The van der Waals surface area contributed by atoms with Gasteiger partial charge in [-0.25, -0.2) is 4.79 Å². The van der Waals surface area contributed by atoms with Crippen LogP contribution in [-0.2, 0) is 20.9 Å². The van der Waals surface area contributed by atoms with Crippen molar-refractivity contribution in [2.75, 3.05) is 19.5 Å². The average molecular weight is 468 g/mol. The zero-order chi connectivity index (χ0) is 24.5. The average Bonchev–Trinajstić information content (AvgIpc) is 3.31. The maximum Gasteiger partial charge on any atom is 0.329 e. The molecule has 2 aliphatic rings. The molecule has 0 heterocycles. The number of nitrogens with one attached hydrogen (secondary N) is 1. The lowest BCUT2D eigenvalue weighted by Crippen LogP contribution is -2.59. The van der Waals surface area contributed by atoms with Crippen molar-refractivity contribution in [2.45, 2.75) is 83.6 Å². The van der Waals surface area contributed by atoms with E-state index >= 15 is 0 Å². The summed E-state index contributed by atoms with van der Waals surface area (Å²) in [6, 6.07) is 8.31. The number of aryl methyl sites for hydroxylation is 1. The molecule has 0 aliphatic heterocycles. The highest BCUT2D eigenvalue weighted by atomic mass is 16.5. The van der Waals surface area contributed by atoms with Gasteiger partial charge in [0.1, 0.15) is 11.3 Å². The Hall–Kier alpha value is -2.57. The van der Waals surface area contributed by atoms with Gasteiger partial charge < -0.3 is 24.6 Å². The van der Waals surface area contributed by atoms with Crippen LogP contribution in [0.2, 0.25) is 0 Å². The van der Waals surface area contributed by atoms with E-state index in [1.165, 1.54) is 18.4 Å². The van der Waals surface area contributed by atoms with Crippen molar-refractivity contribution in [1.82, 2.24) is 0 Å². The highest BCUT2D eigenvalue weighted by Gasteiger charge is 2.51. The van der Waals surface area contributed by atoms with Crippen LogP contribution < -0.4 is 10.1 Å². The van der Waals surface area contributed by atoms with Gasteiger partial charge in [-0.2, -0.15) is 0 Å². The molecule has 0 saturated heterocycles. The molecule has 6 nitrogen and oxygen atoms in total. The van der Waals surface area contributed by atoms with Gasteiger partial charge in [0.2, 0.25) is 0 Å². The van der Waals surface area contributed by atoms with Gasteiger partial charge in [0.15, 0.2) is 0 Å². The number of aliphatic carboxylic acids is 1. The molecule has 0 unspecified atom stereocenters. The molecule has 0 spiro atoms. The fraction of sp³-hybridized carbons (Fsp3) is 0.536. The third-order valence-corrected chi connectivity index (χ3v) is 7.69. The first-order valence-electron chi connectivity index (χ1n) is 12.2. The fourth-order valence-electron chi connectivity index (χ4n) is 5.41. The predicted molar refractivity (Wildman–Crippen MR) is 134 cm³/mol. The van der Waals surface area contributed by atoms with Crippen molar-refractivity contribution in [2.24, 2.45) is 0 Å². The lowest BCUT2D eigenvalue weighted by Gasteiger charge is -2.44. The molecule has 2 N–H and O–H groups in total. The van der Waals surface area contributed by atoms with Gasteiger partial charge in [0.25, 0.3) is 0 Å². The number of hydrogen-bond acceptors (Lipinski definition) is 5. The number of carbonyl (C=O) groups is 1. The zero-order valence-corrected chi connectivity index (χ0v) is 21.0. The minimum Gasteiger partial charge on any atom is -0.496 e. The van der Waals surface area contributed by atoms with Crippen LogP contribution in [-0.4, -0.2) is 43.0 Å². The number of carboxylic acid groups (broad SMARTS) is 1. The maximum absolute atomic E-state index is 12.1. The van der Waals surface area contributed by atoms with Gasteiger partial charge in [-0.3, -0.25) is 0 Å². The second-order valence-corrected chi connectivity index (χ2v) is 9.89. The van der Waals surface area contributed by atoms with E-state index in [9.17, 15) is 9.90 Å². The summed E-state index contributed by atoms with van der Waals surface area (Å²) in [5.74, 6) is 0.0631. The van der Waals surface area contributed by atoms with E-state index in [1.54, 1.807) is 14.2 Å². The largest absolute Gasteiger partial charge is 0.496 e. The Labute approximate surface area is 202 Å². The smallest absolute Gasteiger partial charge is 0.329 e. The predicted octanol–water partition coefficient (Wildman–Crippen LogP) is 5.79. The Morgan fingerprint density at radius 2 is 1.74 bits per heavy atom. The van der Waals surface area contributed by atoms with Gasteiger partial charge in [-0.15, -0.1) is 0 Å². The van der Waals surface area contributed by atoms with E-state index in [4.69, 9.17) is 14.2 Å². The van der Waals surface area contributed by atoms with Crippen molar-refractivity contribution in [3.63, 3.8) is 0 Å². The number of benzene rings is 2. The summed E-state index contributed by atoms with van der Waals surface area (Å²) >= 11 is 0. The Morgan fingerprint density at radius 1 is 1.03 bits per heavy atom. The summed E-state index contributed by atoms with van der Waals surface area (Å²) in [6.07, 6.45) is 5.79. The van der Waals surface area contributed by atoms with Crippen LogP contribution in [0.5, 0.6) is 5.75 Å². The highest BCUT2D eigenvalue weighted by Crippen LogP contribution is 2.41. The van der Waals surface area contributed by atoms with E-state index < -0.39 is 11.5 Å². The summed E-state index contributed by atoms with van der Waals surface area (Å²) in [5, 5.41) is 13.2. The van der Waals surface area contributed by atoms with Crippen molar-refractivity contribution in [3.8, 4) is 16.9 Å². The molecule has 2 aliphatic carbocycles. The molecule has 6 heteroatoms. The third kappa shape index (κ3) is 4.66. The van der Waals surface area contributed by atoms with Crippen LogP contribution in [0.4, 0.5) is 5.69 Å². The van der Waals surface area contributed by atoms with Gasteiger partial charge in [0.05, 0.1) is 25.9 Å². The van der Waals surface area contributed by atoms with Gasteiger partial charge in [-0.1, -0.05) is 25.0 Å². The van der Waals surface area contributed by atoms with E-state index in [1.807, 2.05) is 6.07 Å². The molecular weight excluding hydrogens is 430 g/mol. The van der Waals surface area contributed by atoms with Crippen LogP contribution in [0, 0.1) is 20.8 Å². The number of rotatable bonds is 9. The Morgan fingerprint density at radius 3 is 2.35 bits per heavy atom. The van der Waals surface area contributed by atoms with E-state index in [0.717, 1.165) is 52.1 Å². The van der Waals surface area contributed by atoms with Crippen LogP contribution in [0.3, 0.4) is 0 Å². The maximum atomic E-state index is 12.1. The fourth-order valence-corrected chi connectivity index (χ4v) is 5.41. The SMILES string of the molecule is COc1c(C)c(C)cc(-c2ccc(NC3(C(=O)O)CC(OC)C3)cc2COC2CCCC2)c1C. The molecule has 2 saturated carbocycles. The van der Waals surface area contributed by atoms with E-state index in [-0.39, 0.29) is 6.10 Å². The van der Waals surface area contributed by atoms with Crippen LogP contribution in [0.25, 0.3) is 11.1 Å². The van der Waals surface area contributed by atoms with Crippen molar-refractivity contribution in [3.05, 3.63) is 46.5 Å². The lowest BCUT2D eigenvalue weighted by molar-refractivity contribution is -0.151. The van der Waals surface area contributed by atoms with Gasteiger partial charge in [0, 0.05) is 25.6 Å². The standard InChI is InChI=1S/C28H37NO5/c1-17-12-25(19(3)26(33-5)18(17)2)24-11-10-21(13-20(24)16-34-22-8-6-7-9-22)29-28(27(30)31)14-23(15-28)32-4/h10-13,22-23,29H,6-9,14-16H2,1-5H3,(H,30,31). The topological polar surface area (TPSA) is 77.0 Å². The second-order valence-electron chi connectivity index (χ2n) is 9.89. The lowest BCUT2D eigenvalue weighted by atomic mass is 9.74. The Balaban J connectivity index is 1.70. The number of methoxy groups -OCH3 is 2. The quantitative estimate of drug-likeness (QED) is 0.486. The third-order valence-electron chi connectivity index (χ3n) is 7.69. The van der Waals surface area contributed by atoms with Crippen LogP contribution in [0.1, 0.15) is 60.8 Å². The molecule has 34 heavy (non-hydrogen) atoms. The molecule has 2 aromatic rings. The van der Waals surface area contributed by atoms with Gasteiger partial charge in [-0.05, 0) is 79.1 Å². The number of hydrogen-bond donors (Lipinski definition) is 2. The highest BCUT2D eigenvalue weighted by molar-refractivity contribution is 5.85. The molecule has 4 rings (SSSR count). The van der Waals surface area contributed by atoms with Crippen LogP contribution in [0.15, 0.2) is 24.3 Å². The van der Waals surface area contributed by atoms with Crippen molar-refractivity contribution in [1.29, 1.82) is 0 Å². The summed E-state index contributed by atoms with van der Waals surface area (Å²) in [7, 11) is 3.34. The molecule has 2 fully saturated rings. The minimum atomic E-state index is -0.995.